The molecule has 0 aliphatic carbocycles. The van der Waals surface area contributed by atoms with Crippen LogP contribution in [-0.2, 0) is 6.61 Å². The lowest BCUT2D eigenvalue weighted by atomic mass is 10.1. The molecule has 0 aliphatic rings. The Balaban J connectivity index is 2.03. The normalized spacial score (nSPS) is 11.0. The summed E-state index contributed by atoms with van der Waals surface area (Å²) in [5, 5.41) is 16.6. The monoisotopic (exact) mass is 298 g/mol. The van der Waals surface area contributed by atoms with Crippen LogP contribution in [0, 0.1) is 0 Å². The van der Waals surface area contributed by atoms with Gasteiger partial charge in [-0.3, -0.25) is 0 Å². The lowest BCUT2D eigenvalue weighted by Crippen LogP contribution is -2.22. The molecule has 0 spiro atoms. The number of hydrogen-bond donors (Lipinski definition) is 3. The van der Waals surface area contributed by atoms with Crippen molar-refractivity contribution in [2.24, 2.45) is 21.7 Å². The average Bonchev–Trinajstić information content (AvgIpc) is 2.55. The van der Waals surface area contributed by atoms with Crippen molar-refractivity contribution >= 4 is 11.7 Å². The van der Waals surface area contributed by atoms with Crippen molar-refractivity contribution in [3.63, 3.8) is 0 Å². The first-order chi connectivity index (χ1) is 10.7. The third-order valence-electron chi connectivity index (χ3n) is 2.87. The molecule has 0 amide bonds. The number of rotatable bonds is 6. The second-order valence-corrected chi connectivity index (χ2v) is 4.53. The zero-order valence-electron chi connectivity index (χ0n) is 12.0. The van der Waals surface area contributed by atoms with Gasteiger partial charge < -0.3 is 21.3 Å². The summed E-state index contributed by atoms with van der Waals surface area (Å²) in [5.41, 5.74) is 12.6. The van der Waals surface area contributed by atoms with E-state index in [1.165, 1.54) is 0 Å². The molecular formula is C16H18N4O2. The van der Waals surface area contributed by atoms with Crippen molar-refractivity contribution in [3.05, 3.63) is 65.7 Å². The third-order valence-corrected chi connectivity index (χ3v) is 2.87. The number of ether oxygens (including phenoxy) is 1. The van der Waals surface area contributed by atoms with Gasteiger partial charge in [0.05, 0.1) is 12.3 Å². The summed E-state index contributed by atoms with van der Waals surface area (Å²) in [6, 6.07) is 17.1. The van der Waals surface area contributed by atoms with Crippen LogP contribution in [0.3, 0.4) is 0 Å². The summed E-state index contributed by atoms with van der Waals surface area (Å²) < 4.78 is 5.69. The van der Waals surface area contributed by atoms with Crippen LogP contribution in [0.5, 0.6) is 5.75 Å². The molecule has 0 radical (unpaired) electrons. The molecule has 0 fully saturated rings. The molecular weight excluding hydrogens is 280 g/mol. The lowest BCUT2D eigenvalue weighted by molar-refractivity contribution is 0.306. The maximum Gasteiger partial charge on any atom is 0.211 e. The first kappa shape index (κ1) is 15.5. The number of nitrogens with two attached hydrogens (primary N) is 2. The quantitative estimate of drug-likeness (QED) is 0.423. The van der Waals surface area contributed by atoms with Crippen LogP contribution in [-0.4, -0.2) is 23.4 Å². The Bertz CT molecular complexity index is 648. The van der Waals surface area contributed by atoms with Gasteiger partial charge in [0.1, 0.15) is 12.4 Å². The average molecular weight is 298 g/mol. The SMILES string of the molecule is NC(N)=N/N=C(\CO)c1ccc(OCc2ccccc2)cc1. The van der Waals surface area contributed by atoms with E-state index < -0.39 is 0 Å². The van der Waals surface area contributed by atoms with Crippen LogP contribution in [0.25, 0.3) is 0 Å². The smallest absolute Gasteiger partial charge is 0.211 e. The van der Waals surface area contributed by atoms with Crippen LogP contribution in [0.1, 0.15) is 11.1 Å². The Labute approximate surface area is 128 Å². The highest BCUT2D eigenvalue weighted by atomic mass is 16.5. The first-order valence-corrected chi connectivity index (χ1v) is 6.72. The topological polar surface area (TPSA) is 106 Å². The van der Waals surface area contributed by atoms with E-state index in [9.17, 15) is 5.11 Å². The molecule has 0 saturated carbocycles. The summed E-state index contributed by atoms with van der Waals surface area (Å²) >= 11 is 0. The zero-order valence-corrected chi connectivity index (χ0v) is 12.0. The summed E-state index contributed by atoms with van der Waals surface area (Å²) in [7, 11) is 0. The van der Waals surface area contributed by atoms with Crippen molar-refractivity contribution in [1.82, 2.24) is 0 Å². The molecule has 2 rings (SSSR count). The summed E-state index contributed by atoms with van der Waals surface area (Å²) in [6.45, 7) is 0.232. The minimum atomic E-state index is -0.263. The van der Waals surface area contributed by atoms with Gasteiger partial charge in [0.15, 0.2) is 0 Å². The Morgan fingerprint density at radius 1 is 0.955 bits per heavy atom. The number of aliphatic hydroxyl groups is 1. The molecule has 0 saturated heterocycles. The number of hydrogen-bond acceptors (Lipinski definition) is 4. The van der Waals surface area contributed by atoms with Gasteiger partial charge in [0.25, 0.3) is 0 Å². The predicted molar refractivity (Wildman–Crippen MR) is 86.6 cm³/mol. The van der Waals surface area contributed by atoms with E-state index in [1.807, 2.05) is 30.3 Å². The molecule has 2 aromatic rings. The molecule has 6 heteroatoms. The Kier molecular flexibility index (Phi) is 5.50. The number of aliphatic hydroxyl groups excluding tert-OH is 1. The maximum absolute atomic E-state index is 9.30. The highest BCUT2D eigenvalue weighted by Crippen LogP contribution is 2.15. The summed E-state index contributed by atoms with van der Waals surface area (Å²) in [5.74, 6) is 0.570. The van der Waals surface area contributed by atoms with E-state index in [2.05, 4.69) is 10.2 Å². The molecule has 6 nitrogen and oxygen atoms in total. The van der Waals surface area contributed by atoms with Gasteiger partial charge in [0, 0.05) is 5.56 Å². The Morgan fingerprint density at radius 3 is 2.23 bits per heavy atom. The highest BCUT2D eigenvalue weighted by Gasteiger charge is 2.03. The van der Waals surface area contributed by atoms with E-state index >= 15 is 0 Å². The van der Waals surface area contributed by atoms with Crippen LogP contribution >= 0.6 is 0 Å². The van der Waals surface area contributed by atoms with Crippen LogP contribution in [0.2, 0.25) is 0 Å². The van der Waals surface area contributed by atoms with Gasteiger partial charge >= 0.3 is 0 Å². The van der Waals surface area contributed by atoms with E-state index in [-0.39, 0.29) is 12.6 Å². The van der Waals surface area contributed by atoms with Crippen molar-refractivity contribution in [2.45, 2.75) is 6.61 Å². The fraction of sp³-hybridized carbons (Fsp3) is 0.125. The minimum Gasteiger partial charge on any atom is -0.489 e. The van der Waals surface area contributed by atoms with Gasteiger partial charge in [0.2, 0.25) is 5.96 Å². The van der Waals surface area contributed by atoms with Gasteiger partial charge in [-0.25, -0.2) is 0 Å². The second kappa shape index (κ2) is 7.80. The molecule has 5 N–H and O–H groups in total. The molecule has 114 valence electrons. The van der Waals surface area contributed by atoms with Crippen molar-refractivity contribution < 1.29 is 9.84 Å². The minimum absolute atomic E-state index is 0.159. The Morgan fingerprint density at radius 2 is 1.64 bits per heavy atom. The molecule has 0 unspecified atom stereocenters. The molecule has 0 bridgehead atoms. The number of nitrogens with zero attached hydrogens (tertiary/aromatic N) is 2. The van der Waals surface area contributed by atoms with Gasteiger partial charge in [-0.05, 0) is 29.8 Å². The zero-order chi connectivity index (χ0) is 15.8. The molecule has 0 aromatic heterocycles. The lowest BCUT2D eigenvalue weighted by Gasteiger charge is -2.07. The van der Waals surface area contributed by atoms with Crippen LogP contribution < -0.4 is 16.2 Å². The van der Waals surface area contributed by atoms with E-state index in [0.29, 0.717) is 12.3 Å². The predicted octanol–water partition coefficient (Wildman–Crippen LogP) is 1.24. The van der Waals surface area contributed by atoms with Gasteiger partial charge in [-0.1, -0.05) is 30.3 Å². The number of guanidine groups is 1. The Hall–Kier alpha value is -2.86. The second-order valence-electron chi connectivity index (χ2n) is 4.53. The number of benzene rings is 2. The van der Waals surface area contributed by atoms with Crippen LogP contribution in [0.15, 0.2) is 64.8 Å². The van der Waals surface area contributed by atoms with E-state index in [0.717, 1.165) is 16.9 Å². The van der Waals surface area contributed by atoms with E-state index in [4.69, 9.17) is 16.2 Å². The van der Waals surface area contributed by atoms with Gasteiger partial charge in [-0.15, -0.1) is 10.2 Å². The molecule has 22 heavy (non-hydrogen) atoms. The van der Waals surface area contributed by atoms with E-state index in [1.54, 1.807) is 24.3 Å². The van der Waals surface area contributed by atoms with Crippen molar-refractivity contribution in [2.75, 3.05) is 6.61 Å². The first-order valence-electron chi connectivity index (χ1n) is 6.72. The maximum atomic E-state index is 9.30. The third kappa shape index (κ3) is 4.60. The van der Waals surface area contributed by atoms with Crippen molar-refractivity contribution in [3.8, 4) is 5.75 Å². The molecule has 0 aliphatic heterocycles. The van der Waals surface area contributed by atoms with Crippen LogP contribution in [0.4, 0.5) is 0 Å². The molecule has 2 aromatic carbocycles. The fourth-order valence-corrected chi connectivity index (χ4v) is 1.78. The molecule has 0 heterocycles. The highest BCUT2D eigenvalue weighted by molar-refractivity contribution is 6.01. The fourth-order valence-electron chi connectivity index (χ4n) is 1.78. The summed E-state index contributed by atoms with van der Waals surface area (Å²) in [4.78, 5) is 0. The summed E-state index contributed by atoms with van der Waals surface area (Å²) in [6.07, 6.45) is 0. The standard InChI is InChI=1S/C16H18N4O2/c17-16(18)20-19-15(10-21)13-6-8-14(9-7-13)22-11-12-4-2-1-3-5-12/h1-9,21H,10-11H2,(H4,17,18,20)/b19-15+. The van der Waals surface area contributed by atoms with Gasteiger partial charge in [-0.2, -0.15) is 0 Å². The molecule has 0 atom stereocenters. The largest absolute Gasteiger partial charge is 0.489 e. The van der Waals surface area contributed by atoms with Crippen molar-refractivity contribution in [1.29, 1.82) is 0 Å².